The zero-order valence-electron chi connectivity index (χ0n) is 18.9. The highest BCUT2D eigenvalue weighted by molar-refractivity contribution is 5.95. The third-order valence-corrected chi connectivity index (χ3v) is 6.79. The Bertz CT molecular complexity index is 1240. The topological polar surface area (TPSA) is 78.6 Å². The molecule has 5 rings (SSSR count). The van der Waals surface area contributed by atoms with Crippen molar-refractivity contribution in [3.05, 3.63) is 82.9 Å². The van der Waals surface area contributed by atoms with E-state index >= 15 is 0 Å². The Balaban J connectivity index is 1.43. The van der Waals surface area contributed by atoms with Gasteiger partial charge in [-0.15, -0.1) is 0 Å². The molecule has 0 radical (unpaired) electrons. The van der Waals surface area contributed by atoms with Gasteiger partial charge < -0.3 is 15.2 Å². The number of rotatable bonds is 7. The van der Waals surface area contributed by atoms with Gasteiger partial charge in [-0.3, -0.25) is 9.59 Å². The monoisotopic (exact) mass is 441 g/mol. The van der Waals surface area contributed by atoms with Crippen LogP contribution in [-0.2, 0) is 16.6 Å². The number of nitrogens with two attached hydrogens (primary N) is 1. The van der Waals surface area contributed by atoms with Crippen molar-refractivity contribution < 1.29 is 19.1 Å². The van der Waals surface area contributed by atoms with Crippen LogP contribution in [0, 0.1) is 0 Å². The molecule has 0 spiro atoms. The van der Waals surface area contributed by atoms with Crippen molar-refractivity contribution in [1.82, 2.24) is 0 Å². The smallest absolute Gasteiger partial charge is 0.248 e. The summed E-state index contributed by atoms with van der Waals surface area (Å²) < 4.78 is 10.9. The van der Waals surface area contributed by atoms with Gasteiger partial charge in [0.25, 0.3) is 0 Å². The largest absolute Gasteiger partial charge is 0.454 e. The van der Waals surface area contributed by atoms with Gasteiger partial charge >= 0.3 is 0 Å². The number of benzene rings is 3. The lowest BCUT2D eigenvalue weighted by atomic mass is 9.85. The summed E-state index contributed by atoms with van der Waals surface area (Å²) in [7, 11) is 0. The van der Waals surface area contributed by atoms with Crippen LogP contribution in [-0.4, -0.2) is 18.5 Å². The number of primary amides is 1. The second-order valence-corrected chi connectivity index (χ2v) is 9.27. The van der Waals surface area contributed by atoms with Gasteiger partial charge in [0.15, 0.2) is 11.5 Å². The highest BCUT2D eigenvalue weighted by Gasteiger charge is 2.50. The fourth-order valence-electron chi connectivity index (χ4n) is 4.68. The van der Waals surface area contributed by atoms with Crippen LogP contribution in [0.2, 0.25) is 0 Å². The van der Waals surface area contributed by atoms with E-state index in [4.69, 9.17) is 15.2 Å². The zero-order valence-corrected chi connectivity index (χ0v) is 18.9. The molecule has 1 aliphatic heterocycles. The number of hydrogen-bond acceptors (Lipinski definition) is 4. The lowest BCUT2D eigenvalue weighted by molar-refractivity contribution is -0.120. The molecule has 1 fully saturated rings. The molecule has 1 saturated carbocycles. The van der Waals surface area contributed by atoms with E-state index < -0.39 is 11.3 Å². The number of ether oxygens (including phenoxy) is 2. The van der Waals surface area contributed by atoms with Gasteiger partial charge in [-0.05, 0) is 70.8 Å². The lowest BCUT2D eigenvalue weighted by Crippen LogP contribution is -2.22. The van der Waals surface area contributed by atoms with Crippen molar-refractivity contribution in [2.24, 2.45) is 5.73 Å². The standard InChI is InChI=1S/C28H27NO4/c1-17(2)22-9-3-18(13-23(22)19-4-6-20(7-5-19)27(29)31)14-26(30)28(11-12-28)21-8-10-24-25(15-21)33-16-32-24/h3-10,13,15,17H,11-12,14,16H2,1-2H3,(H2,29,31). The molecular weight excluding hydrogens is 414 g/mol. The molecule has 3 aromatic rings. The SMILES string of the molecule is CC(C)c1ccc(CC(=O)C2(c3ccc4c(c3)OCO4)CC2)cc1-c1ccc(C(N)=O)cc1. The minimum Gasteiger partial charge on any atom is -0.454 e. The highest BCUT2D eigenvalue weighted by atomic mass is 16.7. The maximum atomic E-state index is 13.5. The van der Waals surface area contributed by atoms with E-state index in [0.717, 1.165) is 46.6 Å². The van der Waals surface area contributed by atoms with Crippen LogP contribution in [0.25, 0.3) is 11.1 Å². The van der Waals surface area contributed by atoms with E-state index in [0.29, 0.717) is 17.9 Å². The van der Waals surface area contributed by atoms with Crippen LogP contribution >= 0.6 is 0 Å². The second kappa shape index (κ2) is 8.07. The molecular formula is C28H27NO4. The van der Waals surface area contributed by atoms with Gasteiger partial charge in [0.1, 0.15) is 5.78 Å². The Morgan fingerprint density at radius 2 is 1.67 bits per heavy atom. The number of carbonyl (C=O) groups is 2. The molecule has 3 aromatic carbocycles. The highest BCUT2D eigenvalue weighted by Crippen LogP contribution is 2.51. The van der Waals surface area contributed by atoms with Crippen LogP contribution in [0.1, 0.15) is 59.7 Å². The van der Waals surface area contributed by atoms with Crippen molar-refractivity contribution in [1.29, 1.82) is 0 Å². The number of carbonyl (C=O) groups excluding carboxylic acids is 2. The number of fused-ring (bicyclic) bond motifs is 1. The van der Waals surface area contributed by atoms with Crippen LogP contribution < -0.4 is 15.2 Å². The van der Waals surface area contributed by atoms with Crippen molar-refractivity contribution in [3.8, 4) is 22.6 Å². The lowest BCUT2D eigenvalue weighted by Gasteiger charge is -2.18. The minimum atomic E-state index is -0.441. The Labute approximate surface area is 193 Å². The second-order valence-electron chi connectivity index (χ2n) is 9.27. The van der Waals surface area contributed by atoms with Gasteiger partial charge in [-0.25, -0.2) is 0 Å². The average molecular weight is 442 g/mol. The summed E-state index contributed by atoms with van der Waals surface area (Å²) in [5.41, 5.74) is 10.7. The van der Waals surface area contributed by atoms with Gasteiger partial charge in [0.2, 0.25) is 12.7 Å². The predicted octanol–water partition coefficient (Wildman–Crippen LogP) is 5.15. The Morgan fingerprint density at radius 3 is 2.33 bits per heavy atom. The molecule has 168 valence electrons. The molecule has 1 aliphatic carbocycles. The maximum absolute atomic E-state index is 13.5. The first-order chi connectivity index (χ1) is 15.9. The molecule has 0 bridgehead atoms. The number of Topliss-reactive ketones (excluding diaryl/α,β-unsaturated/α-hetero) is 1. The summed E-state index contributed by atoms with van der Waals surface area (Å²) in [5, 5.41) is 0. The molecule has 0 aromatic heterocycles. The first kappa shape index (κ1) is 21.3. The third-order valence-electron chi connectivity index (χ3n) is 6.79. The Hall–Kier alpha value is -3.60. The van der Waals surface area contributed by atoms with Gasteiger partial charge in [-0.2, -0.15) is 0 Å². The summed E-state index contributed by atoms with van der Waals surface area (Å²) in [6.45, 7) is 4.53. The quantitative estimate of drug-likeness (QED) is 0.550. The summed E-state index contributed by atoms with van der Waals surface area (Å²) in [4.78, 5) is 24.9. The van der Waals surface area contributed by atoms with E-state index in [1.165, 1.54) is 5.56 Å². The van der Waals surface area contributed by atoms with Crippen LogP contribution in [0.3, 0.4) is 0 Å². The molecule has 33 heavy (non-hydrogen) atoms. The van der Waals surface area contributed by atoms with Crippen LogP contribution in [0.5, 0.6) is 11.5 Å². The molecule has 2 N–H and O–H groups in total. The van der Waals surface area contributed by atoms with Crippen molar-refractivity contribution in [2.75, 3.05) is 6.79 Å². The number of amides is 1. The van der Waals surface area contributed by atoms with E-state index in [2.05, 4.69) is 32.0 Å². The Kier molecular flexibility index (Phi) is 5.20. The third kappa shape index (κ3) is 3.88. The van der Waals surface area contributed by atoms with Gasteiger partial charge in [0, 0.05) is 12.0 Å². The molecule has 5 nitrogen and oxygen atoms in total. The normalized spacial score (nSPS) is 15.5. The summed E-state index contributed by atoms with van der Waals surface area (Å²) >= 11 is 0. The van der Waals surface area contributed by atoms with Crippen LogP contribution in [0.4, 0.5) is 0 Å². The van der Waals surface area contributed by atoms with Crippen molar-refractivity contribution in [2.45, 2.75) is 44.4 Å². The first-order valence-electron chi connectivity index (χ1n) is 11.3. The van der Waals surface area contributed by atoms with Crippen molar-refractivity contribution >= 4 is 11.7 Å². The Morgan fingerprint density at radius 1 is 0.939 bits per heavy atom. The fraction of sp³-hybridized carbons (Fsp3) is 0.286. The summed E-state index contributed by atoms with van der Waals surface area (Å²) in [6, 6.07) is 19.5. The summed E-state index contributed by atoms with van der Waals surface area (Å²) in [5.74, 6) is 1.56. The molecule has 0 atom stereocenters. The van der Waals surface area contributed by atoms with Gasteiger partial charge in [0.05, 0.1) is 5.41 Å². The first-order valence-corrected chi connectivity index (χ1v) is 11.3. The van der Waals surface area contributed by atoms with Crippen LogP contribution in [0.15, 0.2) is 60.7 Å². The van der Waals surface area contributed by atoms with E-state index in [1.54, 1.807) is 12.1 Å². The molecule has 0 unspecified atom stereocenters. The maximum Gasteiger partial charge on any atom is 0.248 e. The molecule has 1 heterocycles. The average Bonchev–Trinajstić information content (AvgIpc) is 3.50. The summed E-state index contributed by atoms with van der Waals surface area (Å²) in [6.07, 6.45) is 2.09. The number of ketones is 1. The van der Waals surface area contributed by atoms with Crippen molar-refractivity contribution in [3.63, 3.8) is 0 Å². The van der Waals surface area contributed by atoms with E-state index in [1.807, 2.05) is 30.3 Å². The minimum absolute atomic E-state index is 0.227. The van der Waals surface area contributed by atoms with Gasteiger partial charge in [-0.1, -0.05) is 50.2 Å². The number of hydrogen-bond donors (Lipinski definition) is 1. The van der Waals surface area contributed by atoms with E-state index in [-0.39, 0.29) is 12.6 Å². The molecule has 5 heteroatoms. The molecule has 1 amide bonds. The zero-order chi connectivity index (χ0) is 23.2. The molecule has 2 aliphatic rings. The molecule has 0 saturated heterocycles. The fourth-order valence-corrected chi connectivity index (χ4v) is 4.68. The predicted molar refractivity (Wildman–Crippen MR) is 127 cm³/mol. The van der Waals surface area contributed by atoms with E-state index in [9.17, 15) is 9.59 Å².